The van der Waals surface area contributed by atoms with E-state index >= 15 is 0 Å². The SMILES string of the molecule is C[C@@H]1C[C@H](O)CN(C(CC(C)(C)C)=NC#N)C1. The minimum atomic E-state index is -0.303. The van der Waals surface area contributed by atoms with Gasteiger partial charge in [-0.2, -0.15) is 10.3 Å². The molecule has 17 heavy (non-hydrogen) atoms. The number of piperidine rings is 1. The molecular formula is C13H23N3O. The van der Waals surface area contributed by atoms with Crippen LogP contribution in [0.4, 0.5) is 0 Å². The molecule has 1 heterocycles. The number of rotatable bonds is 1. The van der Waals surface area contributed by atoms with Crippen molar-refractivity contribution in [3.8, 4) is 6.19 Å². The summed E-state index contributed by atoms with van der Waals surface area (Å²) in [5.41, 5.74) is 0.0985. The zero-order chi connectivity index (χ0) is 13.1. The van der Waals surface area contributed by atoms with Crippen LogP contribution in [-0.4, -0.2) is 35.0 Å². The molecule has 1 N–H and O–H groups in total. The number of β-amino-alcohol motifs (C(OH)–C–C–N with tert-alkyl or cyclic N) is 1. The summed E-state index contributed by atoms with van der Waals surface area (Å²) in [6, 6.07) is 0. The normalized spacial score (nSPS) is 26.8. The van der Waals surface area contributed by atoms with Gasteiger partial charge in [0.05, 0.1) is 6.10 Å². The van der Waals surface area contributed by atoms with E-state index in [1.807, 2.05) is 6.19 Å². The lowest BCUT2D eigenvalue weighted by atomic mass is 9.90. The first-order chi connectivity index (χ1) is 7.81. The van der Waals surface area contributed by atoms with E-state index in [9.17, 15) is 5.11 Å². The van der Waals surface area contributed by atoms with Gasteiger partial charge >= 0.3 is 0 Å². The van der Waals surface area contributed by atoms with Gasteiger partial charge in [-0.1, -0.05) is 27.7 Å². The highest BCUT2D eigenvalue weighted by molar-refractivity contribution is 5.83. The van der Waals surface area contributed by atoms with Gasteiger partial charge < -0.3 is 10.0 Å². The largest absolute Gasteiger partial charge is 0.391 e. The Bertz CT molecular complexity index is 315. The van der Waals surface area contributed by atoms with Gasteiger partial charge in [-0.05, 0) is 17.8 Å². The van der Waals surface area contributed by atoms with E-state index < -0.39 is 0 Å². The number of amidine groups is 1. The van der Waals surface area contributed by atoms with E-state index in [1.165, 1.54) is 0 Å². The van der Waals surface area contributed by atoms with Gasteiger partial charge in [0.2, 0.25) is 6.19 Å². The first kappa shape index (κ1) is 14.0. The van der Waals surface area contributed by atoms with Crippen molar-refractivity contribution in [2.45, 2.75) is 46.6 Å². The van der Waals surface area contributed by atoms with Crippen molar-refractivity contribution in [2.24, 2.45) is 16.3 Å². The van der Waals surface area contributed by atoms with Crippen LogP contribution in [0.2, 0.25) is 0 Å². The van der Waals surface area contributed by atoms with Gasteiger partial charge in [0.25, 0.3) is 0 Å². The monoisotopic (exact) mass is 237 g/mol. The summed E-state index contributed by atoms with van der Waals surface area (Å²) in [4.78, 5) is 6.00. The third-order valence-electron chi connectivity index (χ3n) is 2.87. The van der Waals surface area contributed by atoms with E-state index in [2.05, 4.69) is 37.6 Å². The minimum Gasteiger partial charge on any atom is -0.391 e. The van der Waals surface area contributed by atoms with Crippen LogP contribution in [-0.2, 0) is 0 Å². The molecule has 0 aromatic rings. The van der Waals surface area contributed by atoms with E-state index in [0.717, 1.165) is 25.2 Å². The highest BCUT2D eigenvalue weighted by atomic mass is 16.3. The number of aliphatic imine (C=N–C) groups is 1. The molecule has 1 aliphatic heterocycles. The average molecular weight is 237 g/mol. The third-order valence-corrected chi connectivity index (χ3v) is 2.87. The topological polar surface area (TPSA) is 59.6 Å². The Morgan fingerprint density at radius 3 is 2.59 bits per heavy atom. The fourth-order valence-electron chi connectivity index (χ4n) is 2.28. The molecule has 0 bridgehead atoms. The van der Waals surface area contributed by atoms with Crippen LogP contribution in [0.25, 0.3) is 0 Å². The Morgan fingerprint density at radius 1 is 1.47 bits per heavy atom. The fourth-order valence-corrected chi connectivity index (χ4v) is 2.28. The lowest BCUT2D eigenvalue weighted by Crippen LogP contribution is -2.46. The second kappa shape index (κ2) is 5.50. The number of aliphatic hydroxyl groups is 1. The molecule has 0 saturated carbocycles. The van der Waals surface area contributed by atoms with Crippen LogP contribution in [0.3, 0.4) is 0 Å². The van der Waals surface area contributed by atoms with Crippen molar-refractivity contribution in [2.75, 3.05) is 13.1 Å². The zero-order valence-electron chi connectivity index (χ0n) is 11.3. The number of aliphatic hydroxyl groups excluding tert-OH is 1. The Kier molecular flexibility index (Phi) is 4.53. The van der Waals surface area contributed by atoms with Gasteiger partial charge in [-0.3, -0.25) is 0 Å². The maximum Gasteiger partial charge on any atom is 0.207 e. The van der Waals surface area contributed by atoms with Crippen LogP contribution in [0.1, 0.15) is 40.5 Å². The van der Waals surface area contributed by atoms with Gasteiger partial charge in [0.15, 0.2) is 0 Å². The molecule has 1 rings (SSSR count). The van der Waals surface area contributed by atoms with E-state index in [0.29, 0.717) is 12.5 Å². The fraction of sp³-hybridized carbons (Fsp3) is 0.846. The smallest absolute Gasteiger partial charge is 0.207 e. The summed E-state index contributed by atoms with van der Waals surface area (Å²) in [6.45, 7) is 9.99. The first-order valence-corrected chi connectivity index (χ1v) is 6.20. The highest BCUT2D eigenvalue weighted by Crippen LogP contribution is 2.24. The summed E-state index contributed by atoms with van der Waals surface area (Å²) in [6.07, 6.45) is 3.18. The molecule has 96 valence electrons. The van der Waals surface area contributed by atoms with Gasteiger partial charge in [0.1, 0.15) is 5.84 Å². The number of nitrogens with zero attached hydrogens (tertiary/aromatic N) is 3. The summed E-state index contributed by atoms with van der Waals surface area (Å²) in [7, 11) is 0. The average Bonchev–Trinajstić information content (AvgIpc) is 2.13. The molecule has 1 fully saturated rings. The summed E-state index contributed by atoms with van der Waals surface area (Å²) >= 11 is 0. The van der Waals surface area contributed by atoms with Crippen molar-refractivity contribution in [3.05, 3.63) is 0 Å². The molecule has 0 aliphatic carbocycles. The molecule has 1 aliphatic rings. The predicted octanol–water partition coefficient (Wildman–Crippen LogP) is 2.00. The summed E-state index contributed by atoms with van der Waals surface area (Å²) in [5, 5.41) is 18.6. The maximum absolute atomic E-state index is 9.79. The van der Waals surface area contributed by atoms with Crippen LogP contribution >= 0.6 is 0 Å². The lowest BCUT2D eigenvalue weighted by molar-refractivity contribution is 0.0751. The molecule has 2 atom stereocenters. The van der Waals surface area contributed by atoms with Crippen LogP contribution in [0, 0.1) is 22.8 Å². The lowest BCUT2D eigenvalue weighted by Gasteiger charge is -2.37. The molecule has 0 amide bonds. The van der Waals surface area contributed by atoms with Crippen LogP contribution < -0.4 is 0 Å². The molecule has 0 spiro atoms. The van der Waals surface area contributed by atoms with Crippen molar-refractivity contribution in [3.63, 3.8) is 0 Å². The van der Waals surface area contributed by atoms with Gasteiger partial charge in [0, 0.05) is 19.5 Å². The van der Waals surface area contributed by atoms with Crippen molar-refractivity contribution < 1.29 is 5.11 Å². The summed E-state index contributed by atoms with van der Waals surface area (Å²) in [5.74, 6) is 1.26. The van der Waals surface area contributed by atoms with E-state index in [1.54, 1.807) is 0 Å². The van der Waals surface area contributed by atoms with Crippen molar-refractivity contribution >= 4 is 5.84 Å². The molecule has 4 heteroatoms. The van der Waals surface area contributed by atoms with Crippen LogP contribution in [0.5, 0.6) is 0 Å². The third kappa shape index (κ3) is 4.74. The zero-order valence-corrected chi connectivity index (χ0v) is 11.3. The molecule has 0 aromatic heterocycles. The van der Waals surface area contributed by atoms with Crippen molar-refractivity contribution in [1.82, 2.24) is 4.90 Å². The van der Waals surface area contributed by atoms with E-state index in [-0.39, 0.29) is 11.5 Å². The Hall–Kier alpha value is -1.08. The van der Waals surface area contributed by atoms with Gasteiger partial charge in [-0.25, -0.2) is 0 Å². The second-order valence-corrected chi connectivity index (χ2v) is 6.27. The molecular weight excluding hydrogens is 214 g/mol. The quantitative estimate of drug-likeness (QED) is 0.431. The Labute approximate surface area is 104 Å². The van der Waals surface area contributed by atoms with Crippen molar-refractivity contribution in [1.29, 1.82) is 5.26 Å². The molecule has 0 unspecified atom stereocenters. The minimum absolute atomic E-state index is 0.0985. The number of nitriles is 1. The van der Waals surface area contributed by atoms with Crippen LogP contribution in [0.15, 0.2) is 4.99 Å². The van der Waals surface area contributed by atoms with Gasteiger partial charge in [-0.15, -0.1) is 0 Å². The molecule has 0 radical (unpaired) electrons. The molecule has 1 saturated heterocycles. The molecule has 4 nitrogen and oxygen atoms in total. The van der Waals surface area contributed by atoms with E-state index in [4.69, 9.17) is 5.26 Å². The molecule has 0 aromatic carbocycles. The number of likely N-dealkylation sites (tertiary alicyclic amines) is 1. The maximum atomic E-state index is 9.79. The Balaban J connectivity index is 2.78. The highest BCUT2D eigenvalue weighted by Gasteiger charge is 2.27. The second-order valence-electron chi connectivity index (χ2n) is 6.27. The standard InChI is InChI=1S/C13H23N3O/c1-10-5-11(17)8-16(7-10)12(15-9-14)6-13(2,3)4/h10-11,17H,5-8H2,1-4H3/t10-,11+/m1/s1. The summed E-state index contributed by atoms with van der Waals surface area (Å²) < 4.78 is 0. The first-order valence-electron chi connectivity index (χ1n) is 6.20. The predicted molar refractivity (Wildman–Crippen MR) is 68.5 cm³/mol. The number of hydrogen-bond donors (Lipinski definition) is 1. The number of hydrogen-bond acceptors (Lipinski definition) is 3. The Morgan fingerprint density at radius 2 is 2.12 bits per heavy atom.